The molecule has 0 spiro atoms. The van der Waals surface area contributed by atoms with Gasteiger partial charge in [-0.05, 0) is 74.3 Å². The Balaban J connectivity index is 2.37. The van der Waals surface area contributed by atoms with Gasteiger partial charge < -0.3 is 4.74 Å². The lowest BCUT2D eigenvalue weighted by molar-refractivity contribution is -0.139. The van der Waals surface area contributed by atoms with Gasteiger partial charge >= 0.3 is 0 Å². The molecular weight excluding hydrogens is 296 g/mol. The fourth-order valence-corrected chi connectivity index (χ4v) is 4.38. The minimum atomic E-state index is -0.288. The van der Waals surface area contributed by atoms with Gasteiger partial charge in [-0.25, -0.2) is 0 Å². The number of Topliss-reactive ketones (excluding diaryl/α,β-unsaturated/α-hetero) is 1. The summed E-state index contributed by atoms with van der Waals surface area (Å²) in [6, 6.07) is 4.19. The van der Waals surface area contributed by atoms with E-state index in [0.717, 1.165) is 24.2 Å². The molecule has 0 saturated heterocycles. The molecule has 0 amide bonds. The van der Waals surface area contributed by atoms with E-state index >= 15 is 0 Å². The highest BCUT2D eigenvalue weighted by Crippen LogP contribution is 2.47. The van der Waals surface area contributed by atoms with Crippen molar-refractivity contribution in [2.45, 2.75) is 54.4 Å². The van der Waals surface area contributed by atoms with E-state index < -0.39 is 0 Å². The summed E-state index contributed by atoms with van der Waals surface area (Å²) in [6.45, 7) is 16.8. The average Bonchev–Trinajstić information content (AvgIpc) is 2.50. The fourth-order valence-electron chi connectivity index (χ4n) is 4.38. The van der Waals surface area contributed by atoms with Crippen molar-refractivity contribution in [2.24, 2.45) is 23.2 Å². The summed E-state index contributed by atoms with van der Waals surface area (Å²) in [5, 5.41) is 0. The monoisotopic (exact) mass is 328 g/mol. The second-order valence-electron chi connectivity index (χ2n) is 8.20. The molecule has 1 aromatic carbocycles. The molecule has 3 atom stereocenters. The Bertz CT molecular complexity index is 631. The van der Waals surface area contributed by atoms with Gasteiger partial charge in [0.25, 0.3) is 0 Å². The third-order valence-electron chi connectivity index (χ3n) is 6.20. The van der Waals surface area contributed by atoms with E-state index in [4.69, 9.17) is 4.74 Å². The predicted octanol–water partition coefficient (Wildman–Crippen LogP) is 5.30. The number of ether oxygens (including phenoxy) is 1. The highest BCUT2D eigenvalue weighted by molar-refractivity contribution is 5.87. The van der Waals surface area contributed by atoms with Crippen molar-refractivity contribution in [1.82, 2.24) is 0 Å². The number of hydrogen-bond acceptors (Lipinski definition) is 2. The summed E-state index contributed by atoms with van der Waals surface area (Å²) in [6.07, 6.45) is 1.98. The summed E-state index contributed by atoms with van der Waals surface area (Å²) in [5.41, 5.74) is 4.71. The first-order valence-corrected chi connectivity index (χ1v) is 8.93. The molecule has 2 heteroatoms. The molecule has 1 unspecified atom stereocenters. The van der Waals surface area contributed by atoms with Crippen LogP contribution in [0, 0.1) is 37.0 Å². The normalized spacial score (nSPS) is 26.3. The number of rotatable bonds is 4. The number of benzene rings is 1. The number of methoxy groups -OCH3 is 1. The third-order valence-corrected chi connectivity index (χ3v) is 6.20. The van der Waals surface area contributed by atoms with Crippen LogP contribution in [0.4, 0.5) is 0 Å². The molecule has 1 aromatic rings. The maximum atomic E-state index is 13.0. The lowest BCUT2D eigenvalue weighted by Crippen LogP contribution is -2.46. The lowest BCUT2D eigenvalue weighted by Gasteiger charge is -2.45. The van der Waals surface area contributed by atoms with Crippen LogP contribution in [0.25, 0.3) is 0 Å². The molecule has 0 heterocycles. The van der Waals surface area contributed by atoms with Crippen molar-refractivity contribution in [3.63, 3.8) is 0 Å². The van der Waals surface area contributed by atoms with E-state index in [1.165, 1.54) is 16.7 Å². The van der Waals surface area contributed by atoms with Crippen molar-refractivity contribution >= 4 is 5.78 Å². The molecule has 1 aliphatic rings. The third kappa shape index (κ3) is 3.29. The van der Waals surface area contributed by atoms with Crippen molar-refractivity contribution in [3.05, 3.63) is 41.0 Å². The molecule has 0 aromatic heterocycles. The van der Waals surface area contributed by atoms with Gasteiger partial charge in [-0.3, -0.25) is 4.79 Å². The van der Waals surface area contributed by atoms with Crippen molar-refractivity contribution in [2.75, 3.05) is 7.11 Å². The van der Waals surface area contributed by atoms with Gasteiger partial charge in [-0.2, -0.15) is 0 Å². The predicted molar refractivity (Wildman–Crippen MR) is 101 cm³/mol. The highest BCUT2D eigenvalue weighted by Gasteiger charge is 2.47. The van der Waals surface area contributed by atoms with E-state index in [0.29, 0.717) is 17.6 Å². The first kappa shape index (κ1) is 18.8. The van der Waals surface area contributed by atoms with Gasteiger partial charge in [-0.1, -0.05) is 32.9 Å². The van der Waals surface area contributed by atoms with Crippen molar-refractivity contribution in [1.29, 1.82) is 0 Å². The minimum absolute atomic E-state index is 0.0758. The van der Waals surface area contributed by atoms with Crippen LogP contribution < -0.4 is 4.74 Å². The SMILES string of the molecule is C=C(C)[C@H]1C[C@@H](Cc2c(C)cc(OC)cc2C)C(C)(C)C(=O)C1C. The van der Waals surface area contributed by atoms with E-state index in [2.05, 4.69) is 60.3 Å². The maximum absolute atomic E-state index is 13.0. The Hall–Kier alpha value is -1.57. The second-order valence-corrected chi connectivity index (χ2v) is 8.20. The van der Waals surface area contributed by atoms with Crippen LogP contribution in [0.3, 0.4) is 0 Å². The van der Waals surface area contributed by atoms with Crippen molar-refractivity contribution < 1.29 is 9.53 Å². The van der Waals surface area contributed by atoms with E-state index in [9.17, 15) is 4.79 Å². The summed E-state index contributed by atoms with van der Waals surface area (Å²) in [7, 11) is 1.70. The zero-order chi connectivity index (χ0) is 18.2. The lowest BCUT2D eigenvalue weighted by atomic mass is 9.58. The number of carbonyl (C=O) groups excluding carboxylic acids is 1. The number of ketones is 1. The number of allylic oxidation sites excluding steroid dienone is 1. The van der Waals surface area contributed by atoms with Gasteiger partial charge in [0.1, 0.15) is 11.5 Å². The quantitative estimate of drug-likeness (QED) is 0.701. The maximum Gasteiger partial charge on any atom is 0.142 e. The largest absolute Gasteiger partial charge is 0.497 e. The van der Waals surface area contributed by atoms with Crippen LogP contribution in [0.15, 0.2) is 24.3 Å². The Kier molecular flexibility index (Phi) is 5.27. The average molecular weight is 328 g/mol. The summed E-state index contributed by atoms with van der Waals surface area (Å²) >= 11 is 0. The molecule has 2 rings (SSSR count). The summed E-state index contributed by atoms with van der Waals surface area (Å²) < 4.78 is 5.38. The van der Waals surface area contributed by atoms with Crippen LogP contribution in [0.1, 0.15) is 50.8 Å². The van der Waals surface area contributed by atoms with Gasteiger partial charge in [0.05, 0.1) is 7.11 Å². The van der Waals surface area contributed by atoms with E-state index in [-0.39, 0.29) is 11.3 Å². The van der Waals surface area contributed by atoms with Crippen LogP contribution in [0.5, 0.6) is 5.75 Å². The van der Waals surface area contributed by atoms with Gasteiger partial charge in [0, 0.05) is 11.3 Å². The second kappa shape index (κ2) is 6.74. The van der Waals surface area contributed by atoms with Gasteiger partial charge in [-0.15, -0.1) is 0 Å². The summed E-state index contributed by atoms with van der Waals surface area (Å²) in [4.78, 5) is 13.0. The smallest absolute Gasteiger partial charge is 0.142 e. The van der Waals surface area contributed by atoms with Crippen LogP contribution in [-0.2, 0) is 11.2 Å². The van der Waals surface area contributed by atoms with Crippen molar-refractivity contribution in [3.8, 4) is 5.75 Å². The van der Waals surface area contributed by atoms with Crippen LogP contribution >= 0.6 is 0 Å². The Morgan fingerprint density at radius 3 is 2.29 bits per heavy atom. The molecule has 24 heavy (non-hydrogen) atoms. The summed E-state index contributed by atoms with van der Waals surface area (Å²) in [5.74, 6) is 2.01. The number of hydrogen-bond donors (Lipinski definition) is 0. The molecule has 132 valence electrons. The molecule has 2 nitrogen and oxygen atoms in total. The molecule has 1 saturated carbocycles. The minimum Gasteiger partial charge on any atom is -0.497 e. The number of carbonyl (C=O) groups is 1. The standard InChI is InChI=1S/C22H32O2/c1-13(2)19-11-17(22(6,7)21(23)16(19)5)12-20-14(3)9-18(24-8)10-15(20)4/h9-10,16-17,19H,1,11-12H2,2-8H3/t16?,17-,19+/m0/s1. The zero-order valence-corrected chi connectivity index (χ0v) is 16.3. The Morgan fingerprint density at radius 2 is 1.83 bits per heavy atom. The Morgan fingerprint density at radius 1 is 1.29 bits per heavy atom. The van der Waals surface area contributed by atoms with E-state index in [1.54, 1.807) is 7.11 Å². The van der Waals surface area contributed by atoms with Crippen LogP contribution in [-0.4, -0.2) is 12.9 Å². The molecule has 0 aliphatic heterocycles. The fraction of sp³-hybridized carbons (Fsp3) is 0.591. The first-order chi connectivity index (χ1) is 11.1. The first-order valence-electron chi connectivity index (χ1n) is 8.93. The molecule has 0 radical (unpaired) electrons. The molecular formula is C22H32O2. The highest BCUT2D eigenvalue weighted by atomic mass is 16.5. The molecule has 0 bridgehead atoms. The molecule has 0 N–H and O–H groups in total. The molecule has 1 aliphatic carbocycles. The number of aryl methyl sites for hydroxylation is 2. The topological polar surface area (TPSA) is 26.3 Å². The Labute approximate surface area is 147 Å². The zero-order valence-electron chi connectivity index (χ0n) is 16.3. The van der Waals surface area contributed by atoms with Gasteiger partial charge in [0.2, 0.25) is 0 Å². The van der Waals surface area contributed by atoms with Crippen LogP contribution in [0.2, 0.25) is 0 Å². The molecule has 1 fully saturated rings. The van der Waals surface area contributed by atoms with E-state index in [1.807, 2.05) is 0 Å². The van der Waals surface area contributed by atoms with Gasteiger partial charge in [0.15, 0.2) is 0 Å².